The Morgan fingerprint density at radius 2 is 0.614 bits per heavy atom. The standard InChI is InChI=1S/C64H124O17P2/c1-7-10-12-14-15-16-17-18-19-20-21-22-23-24-29-36-42-48-63(68)80-60(53-75-62(67)47-41-35-28-26-25-27-34-39-45-57(6)9-3)55-79-83(72,73)77-51-58(65)50-76-82(70,71)78-54-59(52-74-61(66)46-40-32-13-11-8-2)81-64(69)49-43-37-31-30-33-38-44-56(4)5/h56-60,65H,7-55H2,1-6H3,(H,70,71)(H,72,73)/t57?,58-,59+,60+/m0/s1. The molecule has 0 saturated heterocycles. The smallest absolute Gasteiger partial charge is 0.462 e. The summed E-state index contributed by atoms with van der Waals surface area (Å²) in [7, 11) is -9.88. The summed E-state index contributed by atoms with van der Waals surface area (Å²) in [4.78, 5) is 71.9. The Morgan fingerprint density at radius 3 is 0.916 bits per heavy atom. The number of esters is 4. The molecule has 0 aliphatic carbocycles. The molecule has 0 aromatic rings. The van der Waals surface area contributed by atoms with Crippen molar-refractivity contribution in [3.05, 3.63) is 0 Å². The number of hydrogen-bond acceptors (Lipinski definition) is 15. The van der Waals surface area contributed by atoms with Crippen LogP contribution in [0.3, 0.4) is 0 Å². The van der Waals surface area contributed by atoms with Gasteiger partial charge in [0.25, 0.3) is 0 Å². The summed E-state index contributed by atoms with van der Waals surface area (Å²) in [6.45, 7) is 9.32. The molecule has 3 N–H and O–H groups in total. The molecule has 0 rings (SSSR count). The summed E-state index contributed by atoms with van der Waals surface area (Å²) >= 11 is 0. The van der Waals surface area contributed by atoms with Crippen LogP contribution in [0.4, 0.5) is 0 Å². The van der Waals surface area contributed by atoms with Gasteiger partial charge in [-0.15, -0.1) is 0 Å². The molecule has 19 heteroatoms. The SMILES string of the molecule is CCCCCCCCCCCCCCCCCCCC(=O)O[C@H](COC(=O)CCCCCCCCCCC(C)CC)COP(=O)(O)OC[C@@H](O)COP(=O)(O)OC[C@@H](COC(=O)CCCCCCC)OC(=O)CCCCCCCCC(C)C. The molecule has 0 aromatic carbocycles. The number of ether oxygens (including phenoxy) is 4. The molecule has 0 bridgehead atoms. The van der Waals surface area contributed by atoms with Crippen LogP contribution >= 0.6 is 15.6 Å². The lowest BCUT2D eigenvalue weighted by Gasteiger charge is -2.21. The van der Waals surface area contributed by atoms with E-state index in [2.05, 4.69) is 41.5 Å². The number of phosphoric ester groups is 2. The molecule has 6 atom stereocenters. The summed E-state index contributed by atoms with van der Waals surface area (Å²) in [6.07, 6.45) is 39.5. The molecule has 0 fully saturated rings. The van der Waals surface area contributed by atoms with Crippen molar-refractivity contribution in [2.75, 3.05) is 39.6 Å². The lowest BCUT2D eigenvalue weighted by atomic mass is 9.99. The first-order chi connectivity index (χ1) is 39.9. The summed E-state index contributed by atoms with van der Waals surface area (Å²) in [5.41, 5.74) is 0. The molecule has 0 heterocycles. The number of unbranched alkanes of at least 4 members (excludes halogenated alkanes) is 32. The third-order valence-electron chi connectivity index (χ3n) is 15.1. The van der Waals surface area contributed by atoms with E-state index in [0.717, 1.165) is 102 Å². The van der Waals surface area contributed by atoms with Crippen molar-refractivity contribution < 1.29 is 80.2 Å². The van der Waals surface area contributed by atoms with Gasteiger partial charge in [0.2, 0.25) is 0 Å². The molecule has 0 aromatic heterocycles. The molecule has 0 aliphatic heterocycles. The predicted octanol–water partition coefficient (Wildman–Crippen LogP) is 17.7. The second kappa shape index (κ2) is 56.6. The van der Waals surface area contributed by atoms with E-state index >= 15 is 0 Å². The number of aliphatic hydroxyl groups excluding tert-OH is 1. The third kappa shape index (κ3) is 57.6. The zero-order chi connectivity index (χ0) is 61.5. The average molecular weight is 1230 g/mol. The second-order valence-corrected chi connectivity index (χ2v) is 26.8. The first-order valence-corrected chi connectivity index (χ1v) is 36.5. The first kappa shape index (κ1) is 81.1. The Morgan fingerprint density at radius 1 is 0.349 bits per heavy atom. The lowest BCUT2D eigenvalue weighted by Crippen LogP contribution is -2.30. The van der Waals surface area contributed by atoms with Gasteiger partial charge in [-0.2, -0.15) is 0 Å². The second-order valence-electron chi connectivity index (χ2n) is 23.9. The van der Waals surface area contributed by atoms with Gasteiger partial charge in [0.05, 0.1) is 26.4 Å². The van der Waals surface area contributed by atoms with Gasteiger partial charge in [0, 0.05) is 25.7 Å². The van der Waals surface area contributed by atoms with Gasteiger partial charge in [-0.1, -0.05) is 266 Å². The highest BCUT2D eigenvalue weighted by Gasteiger charge is 2.30. The average Bonchev–Trinajstić information content (AvgIpc) is 3.46. The minimum Gasteiger partial charge on any atom is -0.462 e. The fourth-order valence-electron chi connectivity index (χ4n) is 9.50. The van der Waals surface area contributed by atoms with Crippen LogP contribution in [0.1, 0.15) is 318 Å². The van der Waals surface area contributed by atoms with E-state index in [9.17, 15) is 43.2 Å². The summed E-state index contributed by atoms with van der Waals surface area (Å²) in [6, 6.07) is 0. The molecule has 17 nitrogen and oxygen atoms in total. The Hall–Kier alpha value is -1.94. The summed E-state index contributed by atoms with van der Waals surface area (Å²) in [5, 5.41) is 10.5. The van der Waals surface area contributed by atoms with Gasteiger partial charge >= 0.3 is 39.5 Å². The van der Waals surface area contributed by atoms with E-state index in [-0.39, 0.29) is 25.7 Å². The van der Waals surface area contributed by atoms with Crippen LogP contribution in [0.15, 0.2) is 0 Å². The Labute approximate surface area is 505 Å². The largest absolute Gasteiger partial charge is 0.472 e. The molecule has 3 unspecified atom stereocenters. The molecule has 0 aliphatic rings. The first-order valence-electron chi connectivity index (χ1n) is 33.5. The number of rotatable bonds is 63. The zero-order valence-corrected chi connectivity index (χ0v) is 55.3. The fraction of sp³-hybridized carbons (Fsp3) is 0.938. The monoisotopic (exact) mass is 1230 g/mol. The minimum absolute atomic E-state index is 0.101. The maximum absolute atomic E-state index is 13.0. The van der Waals surface area contributed by atoms with E-state index in [1.807, 2.05) is 0 Å². The number of carbonyl (C=O) groups excluding carboxylic acids is 4. The van der Waals surface area contributed by atoms with Crippen LogP contribution < -0.4 is 0 Å². The van der Waals surface area contributed by atoms with E-state index in [4.69, 9.17) is 37.0 Å². The van der Waals surface area contributed by atoms with Crippen LogP contribution in [0.25, 0.3) is 0 Å². The van der Waals surface area contributed by atoms with E-state index in [1.54, 1.807) is 0 Å². The van der Waals surface area contributed by atoms with Crippen molar-refractivity contribution >= 4 is 39.5 Å². The highest BCUT2D eigenvalue weighted by atomic mass is 31.2. The maximum Gasteiger partial charge on any atom is 0.472 e. The predicted molar refractivity (Wildman–Crippen MR) is 331 cm³/mol. The van der Waals surface area contributed by atoms with Crippen molar-refractivity contribution in [2.45, 2.75) is 336 Å². The highest BCUT2D eigenvalue weighted by Crippen LogP contribution is 2.45. The lowest BCUT2D eigenvalue weighted by molar-refractivity contribution is -0.161. The van der Waals surface area contributed by atoms with Crippen LogP contribution in [0.2, 0.25) is 0 Å². The van der Waals surface area contributed by atoms with Crippen molar-refractivity contribution in [3.63, 3.8) is 0 Å². The normalized spacial score (nSPS) is 14.6. The van der Waals surface area contributed by atoms with E-state index in [1.165, 1.54) is 128 Å². The van der Waals surface area contributed by atoms with Gasteiger partial charge in [0.15, 0.2) is 12.2 Å². The number of aliphatic hydroxyl groups is 1. The van der Waals surface area contributed by atoms with Crippen LogP contribution in [0.5, 0.6) is 0 Å². The van der Waals surface area contributed by atoms with Crippen molar-refractivity contribution in [2.24, 2.45) is 11.8 Å². The topological polar surface area (TPSA) is 237 Å². The van der Waals surface area contributed by atoms with Crippen molar-refractivity contribution in [1.82, 2.24) is 0 Å². The van der Waals surface area contributed by atoms with Gasteiger partial charge in [-0.25, -0.2) is 9.13 Å². The zero-order valence-electron chi connectivity index (χ0n) is 53.5. The fourth-order valence-corrected chi connectivity index (χ4v) is 11.1. The highest BCUT2D eigenvalue weighted by molar-refractivity contribution is 7.47. The molecular formula is C64H124O17P2. The summed E-state index contributed by atoms with van der Waals surface area (Å²) < 4.78 is 67.8. The molecular weight excluding hydrogens is 1100 g/mol. The van der Waals surface area contributed by atoms with Gasteiger partial charge < -0.3 is 33.8 Å². The van der Waals surface area contributed by atoms with Crippen molar-refractivity contribution in [1.29, 1.82) is 0 Å². The quantitative estimate of drug-likeness (QED) is 0.0222. The van der Waals surface area contributed by atoms with Crippen molar-refractivity contribution in [3.8, 4) is 0 Å². The van der Waals surface area contributed by atoms with Gasteiger partial charge in [0.1, 0.15) is 19.3 Å². The van der Waals surface area contributed by atoms with Gasteiger partial charge in [-0.3, -0.25) is 37.3 Å². The molecule has 0 amide bonds. The molecule has 0 saturated carbocycles. The molecule has 0 radical (unpaired) electrons. The third-order valence-corrected chi connectivity index (χ3v) is 17.0. The molecule has 83 heavy (non-hydrogen) atoms. The van der Waals surface area contributed by atoms with E-state index in [0.29, 0.717) is 31.6 Å². The van der Waals surface area contributed by atoms with Gasteiger partial charge in [-0.05, 0) is 37.5 Å². The number of phosphoric acid groups is 2. The molecule has 492 valence electrons. The number of hydrogen-bond donors (Lipinski definition) is 3. The summed E-state index contributed by atoms with van der Waals surface area (Å²) in [5.74, 6) is -0.701. The van der Waals surface area contributed by atoms with E-state index < -0.39 is 97.5 Å². The Balaban J connectivity index is 5.16. The maximum atomic E-state index is 13.0. The number of carbonyl (C=O) groups is 4. The van der Waals surface area contributed by atoms with Crippen LogP contribution in [-0.4, -0.2) is 96.7 Å². The molecule has 0 spiro atoms. The van der Waals surface area contributed by atoms with Crippen LogP contribution in [-0.2, 0) is 65.4 Å². The van der Waals surface area contributed by atoms with Crippen LogP contribution in [0, 0.1) is 11.8 Å². The minimum atomic E-state index is -4.94. The Bertz CT molecular complexity index is 1630. The Kier molecular flexibility index (Phi) is 55.2.